The molecule has 12 heavy (non-hydrogen) atoms. The molecule has 5 nitrogen and oxygen atoms in total. The number of hydrogen-bond acceptors (Lipinski definition) is 4. The van der Waals surface area contributed by atoms with E-state index in [0.29, 0.717) is 5.82 Å². The second kappa shape index (κ2) is 4.30. The molecular weight excluding hydrogens is 158 g/mol. The van der Waals surface area contributed by atoms with E-state index in [2.05, 4.69) is 15.8 Å². The zero-order chi connectivity index (χ0) is 8.81. The highest BCUT2D eigenvalue weighted by Gasteiger charge is 1.94. The van der Waals surface area contributed by atoms with Gasteiger partial charge in [-0.05, 0) is 12.1 Å². The number of aromatic nitrogens is 1. The second-order valence-electron chi connectivity index (χ2n) is 2.09. The van der Waals surface area contributed by atoms with Gasteiger partial charge in [-0.1, -0.05) is 6.07 Å². The van der Waals surface area contributed by atoms with E-state index in [1.54, 1.807) is 24.4 Å². The minimum absolute atomic E-state index is 0.142. The maximum Gasteiger partial charge on any atom is 0.319 e. The van der Waals surface area contributed by atoms with Gasteiger partial charge in [-0.15, -0.1) is 0 Å². The van der Waals surface area contributed by atoms with Crippen LogP contribution < -0.4 is 10.9 Å². The Labute approximate surface area is 69.4 Å². The number of aliphatic carboxylic acids is 1. The summed E-state index contributed by atoms with van der Waals surface area (Å²) in [6.45, 7) is -0.142. The van der Waals surface area contributed by atoms with Crippen LogP contribution in [0.3, 0.4) is 0 Å². The number of anilines is 1. The molecule has 0 fully saturated rings. The van der Waals surface area contributed by atoms with Gasteiger partial charge in [0.15, 0.2) is 0 Å². The SMILES string of the molecule is O=C(O)CNNc1ccccn1. The van der Waals surface area contributed by atoms with E-state index >= 15 is 0 Å². The first-order valence-electron chi connectivity index (χ1n) is 3.41. The predicted molar refractivity (Wildman–Crippen MR) is 43.5 cm³/mol. The standard InChI is InChI=1S/C7H9N3O2/c11-7(12)5-9-10-6-3-1-2-4-8-6/h1-4,9H,5H2,(H,8,10)(H,11,12). The van der Waals surface area contributed by atoms with Crippen molar-refractivity contribution in [3.8, 4) is 0 Å². The minimum Gasteiger partial charge on any atom is -0.480 e. The molecule has 1 rings (SSSR count). The van der Waals surface area contributed by atoms with Crippen LogP contribution in [0.15, 0.2) is 24.4 Å². The van der Waals surface area contributed by atoms with Crippen molar-refractivity contribution in [1.29, 1.82) is 0 Å². The van der Waals surface area contributed by atoms with Crippen molar-refractivity contribution in [3.63, 3.8) is 0 Å². The van der Waals surface area contributed by atoms with Crippen LogP contribution in [0.4, 0.5) is 5.82 Å². The van der Waals surface area contributed by atoms with Crippen LogP contribution in [0, 0.1) is 0 Å². The van der Waals surface area contributed by atoms with Crippen molar-refractivity contribution < 1.29 is 9.90 Å². The minimum atomic E-state index is -0.918. The number of nitrogens with zero attached hydrogens (tertiary/aromatic N) is 1. The van der Waals surface area contributed by atoms with E-state index in [9.17, 15) is 4.79 Å². The molecule has 0 aliphatic rings. The van der Waals surface area contributed by atoms with Crippen molar-refractivity contribution >= 4 is 11.8 Å². The van der Waals surface area contributed by atoms with Gasteiger partial charge in [-0.3, -0.25) is 4.79 Å². The third-order valence-corrected chi connectivity index (χ3v) is 1.12. The molecule has 0 aliphatic carbocycles. The first-order valence-corrected chi connectivity index (χ1v) is 3.41. The Balaban J connectivity index is 2.29. The van der Waals surface area contributed by atoms with Gasteiger partial charge in [-0.2, -0.15) is 0 Å². The highest BCUT2D eigenvalue weighted by molar-refractivity contribution is 5.69. The molecule has 0 amide bonds. The van der Waals surface area contributed by atoms with Crippen molar-refractivity contribution in [3.05, 3.63) is 24.4 Å². The summed E-state index contributed by atoms with van der Waals surface area (Å²) in [5, 5.41) is 8.27. The Morgan fingerprint density at radius 1 is 1.58 bits per heavy atom. The van der Waals surface area contributed by atoms with Gasteiger partial charge in [0.2, 0.25) is 0 Å². The van der Waals surface area contributed by atoms with Gasteiger partial charge in [0, 0.05) is 6.20 Å². The Kier molecular flexibility index (Phi) is 3.04. The molecule has 64 valence electrons. The van der Waals surface area contributed by atoms with Crippen LogP contribution in [0.5, 0.6) is 0 Å². The van der Waals surface area contributed by atoms with Crippen LogP contribution in [0.2, 0.25) is 0 Å². The van der Waals surface area contributed by atoms with Crippen molar-refractivity contribution in [2.45, 2.75) is 0 Å². The summed E-state index contributed by atoms with van der Waals surface area (Å²) >= 11 is 0. The summed E-state index contributed by atoms with van der Waals surface area (Å²) in [5.74, 6) is -0.322. The molecule has 0 aliphatic heterocycles. The Hall–Kier alpha value is -1.62. The molecule has 1 aromatic rings. The Morgan fingerprint density at radius 2 is 2.42 bits per heavy atom. The zero-order valence-corrected chi connectivity index (χ0v) is 6.32. The number of rotatable bonds is 4. The fourth-order valence-corrected chi connectivity index (χ4v) is 0.647. The monoisotopic (exact) mass is 167 g/mol. The van der Waals surface area contributed by atoms with Gasteiger partial charge in [0.25, 0.3) is 0 Å². The molecule has 0 saturated heterocycles. The van der Waals surface area contributed by atoms with Crippen molar-refractivity contribution in [2.75, 3.05) is 12.0 Å². The number of carboxylic acids is 1. The zero-order valence-electron chi connectivity index (χ0n) is 6.32. The molecule has 0 aromatic carbocycles. The molecule has 1 heterocycles. The smallest absolute Gasteiger partial charge is 0.319 e. The molecule has 3 N–H and O–H groups in total. The number of nitrogens with one attached hydrogen (secondary N) is 2. The van der Waals surface area contributed by atoms with Gasteiger partial charge < -0.3 is 10.5 Å². The molecule has 1 aromatic heterocycles. The van der Waals surface area contributed by atoms with E-state index in [1.807, 2.05) is 0 Å². The van der Waals surface area contributed by atoms with Gasteiger partial charge >= 0.3 is 5.97 Å². The summed E-state index contributed by atoms with van der Waals surface area (Å²) < 4.78 is 0. The lowest BCUT2D eigenvalue weighted by Gasteiger charge is -2.03. The van der Waals surface area contributed by atoms with E-state index < -0.39 is 5.97 Å². The second-order valence-corrected chi connectivity index (χ2v) is 2.09. The highest BCUT2D eigenvalue weighted by Crippen LogP contribution is 1.95. The largest absolute Gasteiger partial charge is 0.480 e. The van der Waals surface area contributed by atoms with Gasteiger partial charge in [0.05, 0.1) is 0 Å². The van der Waals surface area contributed by atoms with Crippen LogP contribution in [0.1, 0.15) is 0 Å². The first-order chi connectivity index (χ1) is 5.79. The fourth-order valence-electron chi connectivity index (χ4n) is 0.647. The number of hydrogen-bond donors (Lipinski definition) is 3. The average molecular weight is 167 g/mol. The molecule has 0 radical (unpaired) electrons. The third kappa shape index (κ3) is 2.98. The molecule has 5 heteroatoms. The fraction of sp³-hybridized carbons (Fsp3) is 0.143. The molecule has 0 spiro atoms. The number of pyridine rings is 1. The molecule has 0 unspecified atom stereocenters. The molecule has 0 saturated carbocycles. The summed E-state index contributed by atoms with van der Waals surface area (Å²) in [6, 6.07) is 5.31. The summed E-state index contributed by atoms with van der Waals surface area (Å²) in [5.41, 5.74) is 5.12. The number of carbonyl (C=O) groups is 1. The quantitative estimate of drug-likeness (QED) is 0.554. The maximum absolute atomic E-state index is 10.1. The lowest BCUT2D eigenvalue weighted by atomic mass is 10.5. The van der Waals surface area contributed by atoms with E-state index in [0.717, 1.165) is 0 Å². The summed E-state index contributed by atoms with van der Waals surface area (Å²) in [7, 11) is 0. The Bertz CT molecular complexity index is 250. The van der Waals surface area contributed by atoms with E-state index in [1.165, 1.54) is 0 Å². The molecule has 0 bridgehead atoms. The normalized spacial score (nSPS) is 9.33. The van der Waals surface area contributed by atoms with Crippen molar-refractivity contribution in [1.82, 2.24) is 10.4 Å². The van der Waals surface area contributed by atoms with Gasteiger partial charge in [-0.25, -0.2) is 10.4 Å². The number of carboxylic acid groups (broad SMARTS) is 1. The topological polar surface area (TPSA) is 74.2 Å². The highest BCUT2D eigenvalue weighted by atomic mass is 16.4. The maximum atomic E-state index is 10.1. The number of hydrazine groups is 1. The summed E-state index contributed by atoms with van der Waals surface area (Å²) in [4.78, 5) is 14.0. The third-order valence-electron chi connectivity index (χ3n) is 1.12. The van der Waals surface area contributed by atoms with Crippen LogP contribution >= 0.6 is 0 Å². The molecule has 0 atom stereocenters. The van der Waals surface area contributed by atoms with E-state index in [-0.39, 0.29) is 6.54 Å². The lowest BCUT2D eigenvalue weighted by molar-refractivity contribution is -0.135. The van der Waals surface area contributed by atoms with Crippen LogP contribution in [-0.2, 0) is 4.79 Å². The summed E-state index contributed by atoms with van der Waals surface area (Å²) in [6.07, 6.45) is 1.62. The van der Waals surface area contributed by atoms with Gasteiger partial charge in [0.1, 0.15) is 12.4 Å². The average Bonchev–Trinajstić information content (AvgIpc) is 2.05. The van der Waals surface area contributed by atoms with Crippen LogP contribution in [-0.4, -0.2) is 22.6 Å². The molecular formula is C7H9N3O2. The lowest BCUT2D eigenvalue weighted by Crippen LogP contribution is -2.28. The van der Waals surface area contributed by atoms with E-state index in [4.69, 9.17) is 5.11 Å². The van der Waals surface area contributed by atoms with Crippen LogP contribution in [0.25, 0.3) is 0 Å². The van der Waals surface area contributed by atoms with Crippen molar-refractivity contribution in [2.24, 2.45) is 0 Å². The Morgan fingerprint density at radius 3 is 3.00 bits per heavy atom. The first kappa shape index (κ1) is 8.48. The predicted octanol–water partition coefficient (Wildman–Crippen LogP) is 0.0827.